The predicted octanol–water partition coefficient (Wildman–Crippen LogP) is -0.266. The third kappa shape index (κ3) is 4.34. The molecule has 0 radical (unpaired) electrons. The van der Waals surface area contributed by atoms with E-state index in [9.17, 15) is 9.90 Å². The molecule has 1 aromatic heterocycles. The number of phenols is 1. The Labute approximate surface area is 146 Å². The molecule has 1 saturated heterocycles. The number of benzene rings is 1. The average Bonchev–Trinajstić information content (AvgIpc) is 3.10. The van der Waals surface area contributed by atoms with Gasteiger partial charge in [-0.15, -0.1) is 5.10 Å². The van der Waals surface area contributed by atoms with Gasteiger partial charge in [-0.1, -0.05) is 17.3 Å². The second-order valence-corrected chi connectivity index (χ2v) is 6.13. The minimum absolute atomic E-state index is 0.00688. The fourth-order valence-electron chi connectivity index (χ4n) is 2.94. The summed E-state index contributed by atoms with van der Waals surface area (Å²) in [7, 11) is 0. The average molecular weight is 345 g/mol. The highest BCUT2D eigenvalue weighted by Crippen LogP contribution is 2.19. The fourth-order valence-corrected chi connectivity index (χ4v) is 2.94. The van der Waals surface area contributed by atoms with Crippen LogP contribution in [0.2, 0.25) is 0 Å². The van der Waals surface area contributed by atoms with E-state index in [0.29, 0.717) is 31.6 Å². The van der Waals surface area contributed by atoms with Gasteiger partial charge in [0.1, 0.15) is 11.8 Å². The molecule has 25 heavy (non-hydrogen) atoms. The summed E-state index contributed by atoms with van der Waals surface area (Å²) in [6.45, 7) is 2.90. The lowest BCUT2D eigenvalue weighted by molar-refractivity contribution is -0.135. The highest BCUT2D eigenvalue weighted by atomic mass is 16.3. The summed E-state index contributed by atoms with van der Waals surface area (Å²) >= 11 is 0. The summed E-state index contributed by atoms with van der Waals surface area (Å²) in [5, 5.41) is 29.9. The Bertz CT molecular complexity index is 695. The molecule has 8 heteroatoms. The zero-order valence-corrected chi connectivity index (χ0v) is 14.0. The largest absolute Gasteiger partial charge is 0.508 e. The lowest BCUT2D eigenvalue weighted by atomic mass is 10.0. The first-order valence-corrected chi connectivity index (χ1v) is 8.46. The molecule has 1 atom stereocenters. The zero-order valence-electron chi connectivity index (χ0n) is 14.0. The summed E-state index contributed by atoms with van der Waals surface area (Å²) < 4.78 is 1.59. The molecule has 3 N–H and O–H groups in total. The maximum absolute atomic E-state index is 13.0. The van der Waals surface area contributed by atoms with Crippen molar-refractivity contribution in [3.8, 4) is 5.75 Å². The van der Waals surface area contributed by atoms with E-state index in [2.05, 4.69) is 15.6 Å². The number of carbonyl (C=O) groups is 1. The Hall–Kier alpha value is -2.45. The standard InChI is InChI=1S/C17H23N5O3/c23-10-5-14-12-22(20-19-14)16(11-13-1-3-15(24)4-2-13)17(25)21-8-6-18-7-9-21/h1-4,12,16,18,23-24H,5-11H2/t16-/m0/s1. The molecule has 1 fully saturated rings. The molecule has 3 rings (SSSR count). The zero-order chi connectivity index (χ0) is 17.6. The Balaban J connectivity index is 1.83. The topological polar surface area (TPSA) is 104 Å². The van der Waals surface area contributed by atoms with Gasteiger partial charge in [0.05, 0.1) is 5.69 Å². The van der Waals surface area contributed by atoms with Gasteiger partial charge in [-0.05, 0) is 17.7 Å². The van der Waals surface area contributed by atoms with E-state index in [1.54, 1.807) is 35.1 Å². The second-order valence-electron chi connectivity index (χ2n) is 6.13. The Morgan fingerprint density at radius 2 is 1.96 bits per heavy atom. The highest BCUT2D eigenvalue weighted by molar-refractivity contribution is 5.80. The van der Waals surface area contributed by atoms with Crippen molar-refractivity contribution < 1.29 is 15.0 Å². The molecule has 2 heterocycles. The van der Waals surface area contributed by atoms with Crippen molar-refractivity contribution in [2.45, 2.75) is 18.9 Å². The fraction of sp³-hybridized carbons (Fsp3) is 0.471. The number of nitrogens with zero attached hydrogens (tertiary/aromatic N) is 4. The van der Waals surface area contributed by atoms with E-state index in [0.717, 1.165) is 18.7 Å². The Kier molecular flexibility index (Phi) is 5.62. The van der Waals surface area contributed by atoms with Crippen molar-refractivity contribution in [1.82, 2.24) is 25.2 Å². The van der Waals surface area contributed by atoms with Gasteiger partial charge < -0.3 is 20.4 Å². The summed E-state index contributed by atoms with van der Waals surface area (Å²) in [6, 6.07) is 6.33. The molecule has 0 unspecified atom stereocenters. The normalized spacial score (nSPS) is 16.0. The van der Waals surface area contributed by atoms with Gasteiger partial charge in [0.15, 0.2) is 0 Å². The molecule has 0 aliphatic carbocycles. The molecule has 1 aliphatic rings. The molecular formula is C17H23N5O3. The highest BCUT2D eigenvalue weighted by Gasteiger charge is 2.28. The number of amides is 1. The smallest absolute Gasteiger partial charge is 0.247 e. The van der Waals surface area contributed by atoms with Crippen LogP contribution in [0.5, 0.6) is 5.75 Å². The van der Waals surface area contributed by atoms with Gasteiger partial charge in [0, 0.05) is 51.8 Å². The van der Waals surface area contributed by atoms with E-state index < -0.39 is 6.04 Å². The third-order valence-corrected chi connectivity index (χ3v) is 4.32. The van der Waals surface area contributed by atoms with Crippen LogP contribution < -0.4 is 5.32 Å². The van der Waals surface area contributed by atoms with Crippen molar-refractivity contribution >= 4 is 5.91 Å². The van der Waals surface area contributed by atoms with E-state index in [-0.39, 0.29) is 18.3 Å². The van der Waals surface area contributed by atoms with Crippen molar-refractivity contribution in [1.29, 1.82) is 0 Å². The van der Waals surface area contributed by atoms with Crippen LogP contribution in [0.15, 0.2) is 30.5 Å². The molecule has 0 saturated carbocycles. The number of phenolic OH excluding ortho intramolecular Hbond substituents is 1. The first-order valence-electron chi connectivity index (χ1n) is 8.46. The molecule has 134 valence electrons. The molecule has 1 amide bonds. The molecule has 0 bridgehead atoms. The number of piperazine rings is 1. The van der Waals surface area contributed by atoms with Crippen LogP contribution >= 0.6 is 0 Å². The van der Waals surface area contributed by atoms with Crippen LogP contribution in [0.4, 0.5) is 0 Å². The van der Waals surface area contributed by atoms with Crippen molar-refractivity contribution in [3.05, 3.63) is 41.7 Å². The van der Waals surface area contributed by atoms with E-state index in [1.165, 1.54) is 0 Å². The maximum atomic E-state index is 13.0. The first kappa shape index (κ1) is 17.4. The SMILES string of the molecule is O=C([C@H](Cc1ccc(O)cc1)n1cc(CCO)nn1)N1CCNCC1. The number of aromatic hydroxyl groups is 1. The van der Waals surface area contributed by atoms with Crippen molar-refractivity contribution in [2.24, 2.45) is 0 Å². The molecule has 2 aromatic rings. The lowest BCUT2D eigenvalue weighted by Crippen LogP contribution is -2.49. The van der Waals surface area contributed by atoms with E-state index in [1.807, 2.05) is 4.90 Å². The maximum Gasteiger partial charge on any atom is 0.247 e. The molecule has 0 spiro atoms. The van der Waals surface area contributed by atoms with E-state index >= 15 is 0 Å². The number of aliphatic hydroxyl groups excluding tert-OH is 1. The first-order chi connectivity index (χ1) is 12.2. The van der Waals surface area contributed by atoms with Gasteiger partial charge >= 0.3 is 0 Å². The monoisotopic (exact) mass is 345 g/mol. The van der Waals surface area contributed by atoms with Gasteiger partial charge in [0.2, 0.25) is 5.91 Å². The van der Waals surface area contributed by atoms with Crippen LogP contribution in [-0.4, -0.2) is 68.8 Å². The van der Waals surface area contributed by atoms with Crippen molar-refractivity contribution in [3.63, 3.8) is 0 Å². The number of rotatable bonds is 6. The number of hydrogen-bond acceptors (Lipinski definition) is 6. The summed E-state index contributed by atoms with van der Waals surface area (Å²) in [4.78, 5) is 14.9. The Morgan fingerprint density at radius 1 is 1.24 bits per heavy atom. The molecule has 1 aromatic carbocycles. The quantitative estimate of drug-likeness (QED) is 0.666. The molecular weight excluding hydrogens is 322 g/mol. The van der Waals surface area contributed by atoms with Gasteiger partial charge in [-0.2, -0.15) is 0 Å². The number of aromatic nitrogens is 3. The minimum Gasteiger partial charge on any atom is -0.508 e. The molecule has 1 aliphatic heterocycles. The van der Waals surface area contributed by atoms with E-state index in [4.69, 9.17) is 5.11 Å². The number of hydrogen-bond donors (Lipinski definition) is 3. The minimum atomic E-state index is -0.498. The summed E-state index contributed by atoms with van der Waals surface area (Å²) in [5.74, 6) is 0.203. The van der Waals surface area contributed by atoms with Crippen LogP contribution in [0, 0.1) is 0 Å². The lowest BCUT2D eigenvalue weighted by Gasteiger charge is -2.30. The number of nitrogens with one attached hydrogen (secondary N) is 1. The van der Waals surface area contributed by atoms with Gasteiger partial charge in [-0.25, -0.2) is 4.68 Å². The van der Waals surface area contributed by atoms with Gasteiger partial charge in [0.25, 0.3) is 0 Å². The van der Waals surface area contributed by atoms with Crippen LogP contribution in [0.25, 0.3) is 0 Å². The van der Waals surface area contributed by atoms with Gasteiger partial charge in [-0.3, -0.25) is 4.79 Å². The number of carbonyl (C=O) groups excluding carboxylic acids is 1. The predicted molar refractivity (Wildman–Crippen MR) is 91.1 cm³/mol. The van der Waals surface area contributed by atoms with Crippen LogP contribution in [0.1, 0.15) is 17.3 Å². The van der Waals surface area contributed by atoms with Crippen LogP contribution in [0.3, 0.4) is 0 Å². The second kappa shape index (κ2) is 8.09. The summed E-state index contributed by atoms with van der Waals surface area (Å²) in [5.41, 5.74) is 1.59. The molecule has 8 nitrogen and oxygen atoms in total. The van der Waals surface area contributed by atoms with Crippen molar-refractivity contribution in [2.75, 3.05) is 32.8 Å². The summed E-state index contributed by atoms with van der Waals surface area (Å²) in [6.07, 6.45) is 2.60. The Morgan fingerprint density at radius 3 is 2.64 bits per heavy atom. The number of aliphatic hydroxyl groups is 1. The third-order valence-electron chi connectivity index (χ3n) is 4.32. The van der Waals surface area contributed by atoms with Crippen LogP contribution in [-0.2, 0) is 17.6 Å².